The molecule has 0 unspecified atom stereocenters. The third-order valence-electron chi connectivity index (χ3n) is 1.94. The van der Waals surface area contributed by atoms with Gasteiger partial charge in [0.15, 0.2) is 0 Å². The predicted octanol–water partition coefficient (Wildman–Crippen LogP) is 3.15. The monoisotopic (exact) mass is 266 g/mol. The summed E-state index contributed by atoms with van der Waals surface area (Å²) in [5.41, 5.74) is 0.731. The Morgan fingerprint density at radius 3 is 1.76 bits per heavy atom. The molecule has 0 bridgehead atoms. The Labute approximate surface area is 112 Å². The van der Waals surface area contributed by atoms with Crippen molar-refractivity contribution < 1.29 is 10.2 Å². The molecule has 0 saturated carbocycles. The van der Waals surface area contributed by atoms with Crippen LogP contribution < -0.4 is 0 Å². The summed E-state index contributed by atoms with van der Waals surface area (Å²) >= 11 is 8.20. The van der Waals surface area contributed by atoms with E-state index in [1.807, 2.05) is 24.3 Å². The van der Waals surface area contributed by atoms with Crippen molar-refractivity contribution in [3.05, 3.63) is 54.1 Å². The van der Waals surface area contributed by atoms with Gasteiger partial charge < -0.3 is 10.2 Å². The van der Waals surface area contributed by atoms with Gasteiger partial charge in [-0.3, -0.25) is 0 Å². The van der Waals surface area contributed by atoms with Crippen LogP contribution >= 0.6 is 25.3 Å². The zero-order chi connectivity index (χ0) is 12.7. The van der Waals surface area contributed by atoms with Gasteiger partial charge in [0.05, 0.1) is 6.61 Å². The number of hydrogen-bond acceptors (Lipinski definition) is 4. The average Bonchev–Trinajstić information content (AvgIpc) is 2.34. The van der Waals surface area contributed by atoms with Crippen LogP contribution in [0.15, 0.2) is 58.3 Å². The summed E-state index contributed by atoms with van der Waals surface area (Å²) < 4.78 is 0. The summed E-state index contributed by atoms with van der Waals surface area (Å²) in [5.74, 6) is 0.196. The highest BCUT2D eigenvalue weighted by Gasteiger charge is 1.88. The van der Waals surface area contributed by atoms with Crippen LogP contribution in [0.5, 0.6) is 5.75 Å². The van der Waals surface area contributed by atoms with Gasteiger partial charge in [-0.15, -0.1) is 25.3 Å². The first-order valence-electron chi connectivity index (χ1n) is 4.98. The molecule has 4 heteroatoms. The quantitative estimate of drug-likeness (QED) is 0.599. The van der Waals surface area contributed by atoms with Gasteiger partial charge in [0.25, 0.3) is 0 Å². The minimum absolute atomic E-state index is 0.0194. The van der Waals surface area contributed by atoms with Gasteiger partial charge in [-0.25, -0.2) is 0 Å². The van der Waals surface area contributed by atoms with Gasteiger partial charge in [-0.1, -0.05) is 12.1 Å². The topological polar surface area (TPSA) is 40.5 Å². The van der Waals surface area contributed by atoms with Crippen LogP contribution in [0.3, 0.4) is 0 Å². The highest BCUT2D eigenvalue weighted by molar-refractivity contribution is 7.80. The molecule has 0 heterocycles. The smallest absolute Gasteiger partial charge is 0.115 e. The van der Waals surface area contributed by atoms with Gasteiger partial charge in [-0.2, -0.15) is 0 Å². The van der Waals surface area contributed by atoms with E-state index in [9.17, 15) is 0 Å². The fraction of sp³-hybridized carbons (Fsp3) is 0.0769. The normalized spacial score (nSPS) is 9.35. The maximum absolute atomic E-state index is 8.83. The Morgan fingerprint density at radius 2 is 1.41 bits per heavy atom. The lowest BCUT2D eigenvalue weighted by Crippen LogP contribution is -1.79. The number of benzene rings is 2. The van der Waals surface area contributed by atoms with E-state index in [1.165, 1.54) is 6.07 Å². The second kappa shape index (κ2) is 7.27. The van der Waals surface area contributed by atoms with Crippen molar-refractivity contribution in [2.24, 2.45) is 0 Å². The molecule has 0 aliphatic heterocycles. The van der Waals surface area contributed by atoms with Crippen LogP contribution in [-0.4, -0.2) is 10.2 Å². The van der Waals surface area contributed by atoms with Crippen LogP contribution in [0.25, 0.3) is 0 Å². The number of thiol groups is 2. The highest BCUT2D eigenvalue weighted by atomic mass is 32.1. The number of phenols is 1. The second-order valence-electron chi connectivity index (χ2n) is 3.34. The largest absolute Gasteiger partial charge is 0.508 e. The zero-order valence-corrected chi connectivity index (χ0v) is 10.9. The first-order valence-corrected chi connectivity index (χ1v) is 5.88. The van der Waals surface area contributed by atoms with Crippen molar-refractivity contribution in [2.75, 3.05) is 0 Å². The van der Waals surface area contributed by atoms with Gasteiger partial charge in [0.2, 0.25) is 0 Å². The van der Waals surface area contributed by atoms with Gasteiger partial charge >= 0.3 is 0 Å². The summed E-state index contributed by atoms with van der Waals surface area (Å²) in [4.78, 5) is 1.95. The fourth-order valence-electron chi connectivity index (χ4n) is 1.11. The van der Waals surface area contributed by atoms with Crippen molar-refractivity contribution in [3.8, 4) is 5.75 Å². The molecular formula is C13H14O2S2. The van der Waals surface area contributed by atoms with Crippen molar-refractivity contribution in [2.45, 2.75) is 16.4 Å². The number of rotatable bonds is 1. The highest BCUT2D eigenvalue weighted by Crippen LogP contribution is 2.10. The molecule has 0 atom stereocenters. The van der Waals surface area contributed by atoms with E-state index in [0.717, 1.165) is 15.4 Å². The summed E-state index contributed by atoms with van der Waals surface area (Å²) in [6.07, 6.45) is 0. The molecule has 0 fully saturated rings. The lowest BCUT2D eigenvalue weighted by Gasteiger charge is -1.93. The summed E-state index contributed by atoms with van der Waals surface area (Å²) in [6, 6.07) is 14.2. The third kappa shape index (κ3) is 5.68. The number of aliphatic hydroxyl groups excluding tert-OH is 1. The SMILES string of the molecule is OCc1cccc(O)c1.Sc1ccc(S)cc1. The van der Waals surface area contributed by atoms with E-state index >= 15 is 0 Å². The maximum atomic E-state index is 8.83. The van der Waals surface area contributed by atoms with Crippen molar-refractivity contribution in [1.29, 1.82) is 0 Å². The van der Waals surface area contributed by atoms with E-state index in [4.69, 9.17) is 10.2 Å². The minimum Gasteiger partial charge on any atom is -0.508 e. The molecule has 0 aliphatic carbocycles. The molecule has 0 aliphatic rings. The standard InChI is InChI=1S/C7H8O2.C6H6S2/c8-5-6-2-1-3-7(9)4-6;7-5-1-2-6(8)4-3-5/h1-4,8-9H,5H2;1-4,7-8H. The van der Waals surface area contributed by atoms with Gasteiger partial charge in [0, 0.05) is 9.79 Å². The van der Waals surface area contributed by atoms with Crippen molar-refractivity contribution >= 4 is 25.3 Å². The average molecular weight is 266 g/mol. The molecule has 2 rings (SSSR count). The number of phenolic OH excluding ortho intramolecular Hbond substituents is 1. The lowest BCUT2D eigenvalue weighted by atomic mass is 10.2. The maximum Gasteiger partial charge on any atom is 0.115 e. The number of hydrogen-bond donors (Lipinski definition) is 4. The molecule has 0 aromatic heterocycles. The molecule has 0 saturated heterocycles. The van der Waals surface area contributed by atoms with Crippen LogP contribution in [0.2, 0.25) is 0 Å². The van der Waals surface area contributed by atoms with Gasteiger partial charge in [0.1, 0.15) is 5.75 Å². The lowest BCUT2D eigenvalue weighted by molar-refractivity contribution is 0.281. The van der Waals surface area contributed by atoms with Crippen molar-refractivity contribution in [1.82, 2.24) is 0 Å². The van der Waals surface area contributed by atoms with E-state index < -0.39 is 0 Å². The Kier molecular flexibility index (Phi) is 5.97. The molecule has 0 amide bonds. The summed E-state index contributed by atoms with van der Waals surface area (Å²) in [6.45, 7) is -0.0194. The molecule has 0 spiro atoms. The van der Waals surface area contributed by atoms with Crippen LogP contribution in [0, 0.1) is 0 Å². The Balaban J connectivity index is 0.000000171. The summed E-state index contributed by atoms with van der Waals surface area (Å²) in [7, 11) is 0. The van der Waals surface area contributed by atoms with Crippen molar-refractivity contribution in [3.63, 3.8) is 0 Å². The molecule has 17 heavy (non-hydrogen) atoms. The first-order chi connectivity index (χ1) is 8.11. The zero-order valence-electron chi connectivity index (χ0n) is 9.11. The first kappa shape index (κ1) is 14.0. The second-order valence-corrected chi connectivity index (χ2v) is 4.38. The summed E-state index contributed by atoms with van der Waals surface area (Å²) in [5, 5.41) is 17.4. The molecule has 90 valence electrons. The molecule has 2 N–H and O–H groups in total. The fourth-order valence-corrected chi connectivity index (χ4v) is 1.41. The minimum atomic E-state index is -0.0194. The van der Waals surface area contributed by atoms with Crippen LogP contribution in [0.1, 0.15) is 5.56 Å². The molecule has 2 aromatic carbocycles. The molecular weight excluding hydrogens is 252 g/mol. The van der Waals surface area contributed by atoms with Gasteiger partial charge in [-0.05, 0) is 42.0 Å². The van der Waals surface area contributed by atoms with E-state index in [0.29, 0.717) is 0 Å². The molecule has 2 nitrogen and oxygen atoms in total. The molecule has 2 aromatic rings. The number of aliphatic hydroxyl groups is 1. The van der Waals surface area contributed by atoms with E-state index in [-0.39, 0.29) is 12.4 Å². The molecule has 0 radical (unpaired) electrons. The van der Waals surface area contributed by atoms with E-state index in [2.05, 4.69) is 25.3 Å². The Morgan fingerprint density at radius 1 is 0.882 bits per heavy atom. The Bertz CT molecular complexity index is 434. The van der Waals surface area contributed by atoms with Crippen LogP contribution in [0.4, 0.5) is 0 Å². The third-order valence-corrected chi connectivity index (χ3v) is 2.54. The Hall–Kier alpha value is -1.10. The van der Waals surface area contributed by atoms with Crippen LogP contribution in [-0.2, 0) is 6.61 Å². The predicted molar refractivity (Wildman–Crippen MR) is 75.0 cm³/mol. The number of aromatic hydroxyl groups is 1. The van der Waals surface area contributed by atoms with E-state index in [1.54, 1.807) is 18.2 Å².